The fourth-order valence-electron chi connectivity index (χ4n) is 1.30. The van der Waals surface area contributed by atoms with Gasteiger partial charge in [-0.1, -0.05) is 30.3 Å². The maximum atomic E-state index is 12.2. The molecule has 102 valence electrons. The van der Waals surface area contributed by atoms with Gasteiger partial charge in [-0.05, 0) is 5.56 Å². The minimum absolute atomic E-state index is 0.139. The van der Waals surface area contributed by atoms with Crippen molar-refractivity contribution in [2.24, 2.45) is 0 Å². The molecule has 0 fully saturated rings. The first-order valence-electron chi connectivity index (χ1n) is 5.31. The second-order valence-electron chi connectivity index (χ2n) is 3.67. The van der Waals surface area contributed by atoms with E-state index >= 15 is 0 Å². The molecule has 0 radical (unpaired) electrons. The molecule has 0 atom stereocenters. The molecule has 0 bridgehead atoms. The number of alkyl halides is 3. The molecule has 0 aliphatic rings. The van der Waals surface area contributed by atoms with Crippen LogP contribution in [0.3, 0.4) is 0 Å². The molecule has 19 heavy (non-hydrogen) atoms. The maximum Gasteiger partial charge on any atom is 0.411 e. The van der Waals surface area contributed by atoms with Crippen LogP contribution in [0.25, 0.3) is 0 Å². The summed E-state index contributed by atoms with van der Waals surface area (Å²) >= 11 is 0. The number of hydrogen-bond donors (Lipinski definition) is 0. The molecule has 0 heterocycles. The van der Waals surface area contributed by atoms with Gasteiger partial charge in [-0.15, -0.1) is 0 Å². The normalized spacial score (nSPS) is 10.6. The molecule has 0 unspecified atom stereocenters. The van der Waals surface area contributed by atoms with Gasteiger partial charge in [-0.2, -0.15) is 18.4 Å². The summed E-state index contributed by atoms with van der Waals surface area (Å²) < 4.78 is 41.3. The minimum atomic E-state index is -4.57. The Balaban J connectivity index is 2.55. The Morgan fingerprint density at radius 1 is 1.32 bits per heavy atom. The average Bonchev–Trinajstić information content (AvgIpc) is 2.35. The topological polar surface area (TPSA) is 53.3 Å². The van der Waals surface area contributed by atoms with Crippen LogP contribution >= 0.6 is 0 Å². The van der Waals surface area contributed by atoms with Crippen molar-refractivity contribution in [1.29, 1.82) is 5.26 Å². The Kier molecular flexibility index (Phi) is 5.18. The smallest absolute Gasteiger partial charge is 0.411 e. The molecule has 0 N–H and O–H groups in total. The van der Waals surface area contributed by atoms with E-state index in [0.29, 0.717) is 10.5 Å². The first-order chi connectivity index (χ1) is 8.92. The van der Waals surface area contributed by atoms with Gasteiger partial charge in [0.1, 0.15) is 19.7 Å². The second kappa shape index (κ2) is 6.64. The van der Waals surface area contributed by atoms with Gasteiger partial charge in [0.15, 0.2) is 0 Å². The predicted octanol–water partition coefficient (Wildman–Crippen LogP) is 2.71. The lowest BCUT2D eigenvalue weighted by Crippen LogP contribution is -2.39. The van der Waals surface area contributed by atoms with Crippen molar-refractivity contribution in [2.75, 3.05) is 13.1 Å². The number of carbonyl (C=O) groups excluding carboxylic acids is 1. The molecule has 1 aromatic rings. The minimum Gasteiger partial charge on any atom is -0.445 e. The monoisotopic (exact) mass is 272 g/mol. The van der Waals surface area contributed by atoms with E-state index in [9.17, 15) is 18.0 Å². The summed E-state index contributed by atoms with van der Waals surface area (Å²) in [5, 5.41) is 8.40. The molecule has 0 spiro atoms. The Labute approximate surface area is 108 Å². The van der Waals surface area contributed by atoms with E-state index in [1.165, 1.54) is 6.07 Å². The van der Waals surface area contributed by atoms with Gasteiger partial charge in [0.2, 0.25) is 0 Å². The number of carbonyl (C=O) groups is 1. The third-order valence-electron chi connectivity index (χ3n) is 2.10. The van der Waals surface area contributed by atoms with E-state index < -0.39 is 25.4 Å². The highest BCUT2D eigenvalue weighted by Gasteiger charge is 2.33. The van der Waals surface area contributed by atoms with Crippen molar-refractivity contribution in [2.45, 2.75) is 12.8 Å². The van der Waals surface area contributed by atoms with E-state index in [1.54, 1.807) is 30.3 Å². The first-order valence-corrected chi connectivity index (χ1v) is 5.31. The van der Waals surface area contributed by atoms with Crippen LogP contribution in [0.1, 0.15) is 5.56 Å². The molecule has 1 amide bonds. The number of nitriles is 1. The molecule has 0 aromatic heterocycles. The first kappa shape index (κ1) is 14.8. The summed E-state index contributed by atoms with van der Waals surface area (Å²) in [6, 6.07) is 10.0. The third-order valence-corrected chi connectivity index (χ3v) is 2.10. The second-order valence-corrected chi connectivity index (χ2v) is 3.67. The number of ether oxygens (including phenoxy) is 1. The van der Waals surface area contributed by atoms with Crippen LogP contribution in [0.2, 0.25) is 0 Å². The highest BCUT2D eigenvalue weighted by molar-refractivity contribution is 5.68. The van der Waals surface area contributed by atoms with Crippen molar-refractivity contribution in [3.8, 4) is 6.07 Å². The van der Waals surface area contributed by atoms with Crippen LogP contribution in [-0.2, 0) is 11.3 Å². The SMILES string of the molecule is N#CCN(CC(F)(F)F)C(=O)OCc1ccccc1. The third kappa shape index (κ3) is 5.77. The highest BCUT2D eigenvalue weighted by atomic mass is 19.4. The van der Waals surface area contributed by atoms with Crippen LogP contribution in [-0.4, -0.2) is 30.3 Å². The molecule has 4 nitrogen and oxygen atoms in total. The summed E-state index contributed by atoms with van der Waals surface area (Å²) in [4.78, 5) is 11.7. The van der Waals surface area contributed by atoms with Gasteiger partial charge in [0.05, 0.1) is 6.07 Å². The van der Waals surface area contributed by atoms with Crippen LogP contribution in [0.5, 0.6) is 0 Å². The molecule has 0 aliphatic heterocycles. The van der Waals surface area contributed by atoms with Crippen molar-refractivity contribution in [3.63, 3.8) is 0 Å². The van der Waals surface area contributed by atoms with Gasteiger partial charge >= 0.3 is 12.3 Å². The van der Waals surface area contributed by atoms with Crippen LogP contribution < -0.4 is 0 Å². The lowest BCUT2D eigenvalue weighted by molar-refractivity contribution is -0.141. The number of hydrogen-bond acceptors (Lipinski definition) is 3. The maximum absolute atomic E-state index is 12.2. The van der Waals surface area contributed by atoms with Crippen LogP contribution in [0, 0.1) is 11.3 Å². The van der Waals surface area contributed by atoms with Gasteiger partial charge in [0, 0.05) is 0 Å². The van der Waals surface area contributed by atoms with Crippen molar-refractivity contribution >= 4 is 6.09 Å². The van der Waals surface area contributed by atoms with Gasteiger partial charge in [0.25, 0.3) is 0 Å². The summed E-state index contributed by atoms with van der Waals surface area (Å²) in [5.74, 6) is 0. The van der Waals surface area contributed by atoms with Crippen molar-refractivity contribution in [3.05, 3.63) is 35.9 Å². The summed E-state index contributed by atoms with van der Waals surface area (Å²) in [5.41, 5.74) is 0.653. The van der Waals surface area contributed by atoms with E-state index in [-0.39, 0.29) is 6.61 Å². The van der Waals surface area contributed by atoms with E-state index in [4.69, 9.17) is 10.00 Å². The molecule has 1 aromatic carbocycles. The molecule has 0 saturated heterocycles. The van der Waals surface area contributed by atoms with E-state index in [0.717, 1.165) is 0 Å². The fourth-order valence-corrected chi connectivity index (χ4v) is 1.30. The lowest BCUT2D eigenvalue weighted by Gasteiger charge is -2.20. The fraction of sp³-hybridized carbons (Fsp3) is 0.333. The number of amides is 1. The Hall–Kier alpha value is -2.23. The summed E-state index contributed by atoms with van der Waals surface area (Å²) in [7, 11) is 0. The van der Waals surface area contributed by atoms with Crippen molar-refractivity contribution in [1.82, 2.24) is 4.90 Å². The Morgan fingerprint density at radius 2 is 1.95 bits per heavy atom. The zero-order valence-electron chi connectivity index (χ0n) is 9.85. The molecular weight excluding hydrogens is 261 g/mol. The zero-order valence-corrected chi connectivity index (χ0v) is 9.85. The quantitative estimate of drug-likeness (QED) is 0.792. The molecule has 7 heteroatoms. The van der Waals surface area contributed by atoms with Gasteiger partial charge < -0.3 is 4.74 Å². The Morgan fingerprint density at radius 3 is 2.47 bits per heavy atom. The lowest BCUT2D eigenvalue weighted by atomic mass is 10.2. The van der Waals surface area contributed by atoms with E-state index in [1.807, 2.05) is 0 Å². The average molecular weight is 272 g/mol. The number of nitrogens with zero attached hydrogens (tertiary/aromatic N) is 2. The number of halogens is 3. The Bertz CT molecular complexity index is 454. The predicted molar refractivity (Wildman–Crippen MR) is 59.9 cm³/mol. The molecule has 1 rings (SSSR count). The van der Waals surface area contributed by atoms with Crippen LogP contribution in [0.15, 0.2) is 30.3 Å². The highest BCUT2D eigenvalue weighted by Crippen LogP contribution is 2.17. The zero-order chi connectivity index (χ0) is 14.3. The van der Waals surface area contributed by atoms with Gasteiger partial charge in [-0.25, -0.2) is 4.79 Å². The van der Waals surface area contributed by atoms with Gasteiger partial charge in [-0.3, -0.25) is 4.90 Å². The summed E-state index contributed by atoms with van der Waals surface area (Å²) in [6.07, 6.45) is -5.73. The van der Waals surface area contributed by atoms with E-state index in [2.05, 4.69) is 0 Å². The van der Waals surface area contributed by atoms with Crippen LogP contribution in [0.4, 0.5) is 18.0 Å². The molecule has 0 saturated carbocycles. The summed E-state index contributed by atoms with van der Waals surface area (Å²) in [6.45, 7) is -2.32. The molecular formula is C12H11F3N2O2. The standard InChI is InChI=1S/C12H11F3N2O2/c13-12(14,15)9-17(7-6-16)11(18)19-8-10-4-2-1-3-5-10/h1-5H,7-9H2. The number of rotatable bonds is 4. The molecule has 0 aliphatic carbocycles. The largest absolute Gasteiger partial charge is 0.445 e. The van der Waals surface area contributed by atoms with Crippen molar-refractivity contribution < 1.29 is 22.7 Å². The number of benzene rings is 1.